The minimum atomic E-state index is -0.290. The molecule has 0 aromatic carbocycles. The van der Waals surface area contributed by atoms with Crippen molar-refractivity contribution in [2.75, 3.05) is 19.6 Å². The Labute approximate surface area is 117 Å². The highest BCUT2D eigenvalue weighted by Crippen LogP contribution is 2.34. The summed E-state index contributed by atoms with van der Waals surface area (Å²) in [6, 6.07) is 0.861. The first-order valence-corrected chi connectivity index (χ1v) is 7.57. The summed E-state index contributed by atoms with van der Waals surface area (Å²) in [5, 5.41) is 0. The molecule has 1 amide bonds. The maximum absolute atomic E-state index is 12.2. The molecule has 0 aromatic heterocycles. The van der Waals surface area contributed by atoms with Gasteiger partial charge in [0, 0.05) is 25.2 Å². The summed E-state index contributed by atoms with van der Waals surface area (Å²) in [5.74, 6) is 0.145. The lowest BCUT2D eigenvalue weighted by molar-refractivity contribution is -0.193. The van der Waals surface area contributed by atoms with Gasteiger partial charge in [-0.1, -0.05) is 0 Å². The van der Waals surface area contributed by atoms with Gasteiger partial charge >= 0.3 is 0 Å². The van der Waals surface area contributed by atoms with Crippen LogP contribution in [0.15, 0.2) is 0 Å². The molecule has 2 aliphatic rings. The van der Waals surface area contributed by atoms with E-state index in [0.717, 1.165) is 32.5 Å². The molecule has 2 rings (SSSR count). The summed E-state index contributed by atoms with van der Waals surface area (Å²) >= 11 is 0. The average molecular weight is 268 g/mol. The first-order chi connectivity index (χ1) is 8.84. The van der Waals surface area contributed by atoms with Gasteiger partial charge in [0.2, 0.25) is 0 Å². The van der Waals surface area contributed by atoms with E-state index in [9.17, 15) is 4.79 Å². The first kappa shape index (κ1) is 14.8. The van der Waals surface area contributed by atoms with Crippen LogP contribution in [0.2, 0.25) is 0 Å². The Morgan fingerprint density at radius 3 is 2.21 bits per heavy atom. The predicted octanol–water partition coefficient (Wildman–Crippen LogP) is 1.89. The molecule has 0 bridgehead atoms. The highest BCUT2D eigenvalue weighted by Gasteiger charge is 2.45. The molecule has 19 heavy (non-hydrogen) atoms. The van der Waals surface area contributed by atoms with Crippen molar-refractivity contribution in [3.05, 3.63) is 0 Å². The average Bonchev–Trinajstić information content (AvgIpc) is 2.34. The summed E-state index contributed by atoms with van der Waals surface area (Å²) in [6.45, 7) is 13.5. The summed E-state index contributed by atoms with van der Waals surface area (Å²) in [5.41, 5.74) is -0.108. The van der Waals surface area contributed by atoms with E-state index < -0.39 is 0 Å². The van der Waals surface area contributed by atoms with Gasteiger partial charge in [0.1, 0.15) is 6.10 Å². The Morgan fingerprint density at radius 1 is 1.16 bits per heavy atom. The Bertz CT molecular complexity index is 333. The molecule has 0 radical (unpaired) electrons. The quantitative estimate of drug-likeness (QED) is 0.766. The normalized spacial score (nSPS) is 28.7. The second kappa shape index (κ2) is 5.41. The number of carbonyl (C=O) groups excluding carboxylic acids is 1. The number of morpholine rings is 1. The Balaban J connectivity index is 2.07. The molecule has 4 heteroatoms. The predicted molar refractivity (Wildman–Crippen MR) is 76.1 cm³/mol. The van der Waals surface area contributed by atoms with Crippen LogP contribution in [-0.2, 0) is 9.53 Å². The number of likely N-dealkylation sites (tertiary alicyclic amines) is 1. The fourth-order valence-electron chi connectivity index (χ4n) is 3.25. The highest BCUT2D eigenvalue weighted by molar-refractivity contribution is 5.81. The van der Waals surface area contributed by atoms with Crippen LogP contribution in [0.25, 0.3) is 0 Å². The molecular weight excluding hydrogens is 240 g/mol. The summed E-state index contributed by atoms with van der Waals surface area (Å²) in [6.07, 6.45) is 1.78. The number of hydrogen-bond donors (Lipinski definition) is 0. The van der Waals surface area contributed by atoms with Crippen molar-refractivity contribution in [3.8, 4) is 0 Å². The molecule has 0 unspecified atom stereocenters. The molecule has 1 spiro atoms. The zero-order chi connectivity index (χ0) is 14.2. The number of piperidine rings is 1. The van der Waals surface area contributed by atoms with Crippen LogP contribution in [0.5, 0.6) is 0 Å². The number of rotatable bonds is 2. The van der Waals surface area contributed by atoms with Gasteiger partial charge in [-0.3, -0.25) is 4.79 Å². The molecule has 2 saturated heterocycles. The number of carbonyl (C=O) groups is 1. The molecular formula is C15H28N2O2. The molecule has 4 nitrogen and oxygen atoms in total. The second-order valence-electron chi connectivity index (χ2n) is 6.63. The summed E-state index contributed by atoms with van der Waals surface area (Å²) < 4.78 is 6.12. The highest BCUT2D eigenvalue weighted by atomic mass is 16.5. The van der Waals surface area contributed by atoms with E-state index in [2.05, 4.69) is 32.6 Å². The van der Waals surface area contributed by atoms with Crippen LogP contribution in [0.4, 0.5) is 0 Å². The van der Waals surface area contributed by atoms with Gasteiger partial charge in [0.25, 0.3) is 5.91 Å². The fourth-order valence-corrected chi connectivity index (χ4v) is 3.25. The van der Waals surface area contributed by atoms with E-state index >= 15 is 0 Å². The van der Waals surface area contributed by atoms with E-state index in [-0.39, 0.29) is 23.7 Å². The van der Waals surface area contributed by atoms with Crippen LogP contribution in [0.3, 0.4) is 0 Å². The third-order valence-electron chi connectivity index (χ3n) is 4.58. The number of hydrogen-bond acceptors (Lipinski definition) is 3. The van der Waals surface area contributed by atoms with Crippen molar-refractivity contribution in [3.63, 3.8) is 0 Å². The first-order valence-electron chi connectivity index (χ1n) is 7.57. The minimum Gasteiger partial charge on any atom is -0.360 e. The minimum absolute atomic E-state index is 0.108. The lowest BCUT2D eigenvalue weighted by Crippen LogP contribution is -2.63. The van der Waals surface area contributed by atoms with E-state index in [0.29, 0.717) is 6.04 Å². The molecule has 1 atom stereocenters. The molecule has 0 aliphatic carbocycles. The summed E-state index contributed by atoms with van der Waals surface area (Å²) in [4.78, 5) is 16.7. The van der Waals surface area contributed by atoms with Gasteiger partial charge in [0.05, 0.1) is 12.1 Å². The maximum atomic E-state index is 12.2. The smallest absolute Gasteiger partial charge is 0.251 e. The Morgan fingerprint density at radius 2 is 1.74 bits per heavy atom. The van der Waals surface area contributed by atoms with Crippen LogP contribution in [0.1, 0.15) is 47.5 Å². The van der Waals surface area contributed by atoms with Gasteiger partial charge in [-0.25, -0.2) is 0 Å². The van der Waals surface area contributed by atoms with Gasteiger partial charge < -0.3 is 14.5 Å². The van der Waals surface area contributed by atoms with Crippen molar-refractivity contribution >= 4 is 5.91 Å². The Hall–Kier alpha value is -0.610. The van der Waals surface area contributed by atoms with E-state index in [4.69, 9.17) is 4.74 Å². The topological polar surface area (TPSA) is 32.8 Å². The van der Waals surface area contributed by atoms with Gasteiger partial charge in [0.15, 0.2) is 0 Å². The van der Waals surface area contributed by atoms with Crippen molar-refractivity contribution in [1.29, 1.82) is 0 Å². The fraction of sp³-hybridized carbons (Fsp3) is 0.933. The molecule has 2 heterocycles. The lowest BCUT2D eigenvalue weighted by Gasteiger charge is -2.50. The SMILES string of the molecule is CC(C)N1CCC2(CC1)CN(C(C)C)C(=O)[C@@H](C)O2. The molecule has 0 saturated carbocycles. The number of ether oxygens (including phenoxy) is 1. The second-order valence-corrected chi connectivity index (χ2v) is 6.63. The molecule has 0 aromatic rings. The van der Waals surface area contributed by atoms with Crippen LogP contribution < -0.4 is 0 Å². The Kier molecular flexibility index (Phi) is 4.21. The van der Waals surface area contributed by atoms with Crippen LogP contribution in [0, 0.1) is 0 Å². The van der Waals surface area contributed by atoms with Crippen molar-refractivity contribution in [1.82, 2.24) is 9.80 Å². The standard InChI is InChI=1S/C15H28N2O2/c1-11(2)16-8-6-15(7-9-16)10-17(12(3)4)14(18)13(5)19-15/h11-13H,6-10H2,1-5H3/t13-/m1/s1. The van der Waals surface area contributed by atoms with Crippen LogP contribution >= 0.6 is 0 Å². The number of nitrogens with zero attached hydrogens (tertiary/aromatic N) is 2. The molecule has 110 valence electrons. The number of amides is 1. The zero-order valence-corrected chi connectivity index (χ0v) is 13.0. The van der Waals surface area contributed by atoms with Gasteiger partial charge in [-0.15, -0.1) is 0 Å². The zero-order valence-electron chi connectivity index (χ0n) is 13.0. The van der Waals surface area contributed by atoms with E-state index in [1.54, 1.807) is 0 Å². The largest absolute Gasteiger partial charge is 0.360 e. The molecule has 0 N–H and O–H groups in total. The molecule has 2 aliphatic heterocycles. The third-order valence-corrected chi connectivity index (χ3v) is 4.58. The van der Waals surface area contributed by atoms with E-state index in [1.165, 1.54) is 0 Å². The molecule has 2 fully saturated rings. The van der Waals surface area contributed by atoms with Crippen molar-refractivity contribution in [2.24, 2.45) is 0 Å². The van der Waals surface area contributed by atoms with Crippen molar-refractivity contribution in [2.45, 2.75) is 71.2 Å². The van der Waals surface area contributed by atoms with Crippen molar-refractivity contribution < 1.29 is 9.53 Å². The van der Waals surface area contributed by atoms with Crippen LogP contribution in [-0.4, -0.2) is 59.1 Å². The maximum Gasteiger partial charge on any atom is 0.251 e. The summed E-state index contributed by atoms with van der Waals surface area (Å²) in [7, 11) is 0. The monoisotopic (exact) mass is 268 g/mol. The van der Waals surface area contributed by atoms with Gasteiger partial charge in [-0.05, 0) is 47.5 Å². The lowest BCUT2D eigenvalue weighted by atomic mass is 9.87. The van der Waals surface area contributed by atoms with E-state index in [1.807, 2.05) is 11.8 Å². The van der Waals surface area contributed by atoms with Gasteiger partial charge in [-0.2, -0.15) is 0 Å². The third kappa shape index (κ3) is 2.95.